The average Bonchev–Trinajstić information content (AvgIpc) is 2.68. The number of nitrogens with two attached hydrogens (primary N) is 1. The van der Waals surface area contributed by atoms with Gasteiger partial charge in [0.2, 0.25) is 0 Å². The normalized spacial score (nSPS) is 14.4. The zero-order valence-corrected chi connectivity index (χ0v) is 11.7. The predicted octanol–water partition coefficient (Wildman–Crippen LogP) is 2.25. The maximum absolute atomic E-state index is 5.79. The maximum Gasteiger partial charge on any atom is 0.129 e. The van der Waals surface area contributed by atoms with Crippen LogP contribution in [-0.2, 0) is 13.1 Å². The highest BCUT2D eigenvalue weighted by molar-refractivity contribution is 5.46. The Morgan fingerprint density at radius 3 is 3.00 bits per heavy atom. The van der Waals surface area contributed by atoms with Crippen LogP contribution >= 0.6 is 0 Å². The first kappa shape index (κ1) is 12.9. The highest BCUT2D eigenvalue weighted by Gasteiger charge is 2.16. The maximum atomic E-state index is 5.79. The van der Waals surface area contributed by atoms with Crippen molar-refractivity contribution in [2.45, 2.75) is 20.0 Å². The largest absolute Gasteiger partial charge is 0.491 e. The molecule has 0 atom stereocenters. The van der Waals surface area contributed by atoms with Gasteiger partial charge in [0, 0.05) is 24.3 Å². The Bertz CT molecular complexity index is 612. The van der Waals surface area contributed by atoms with Crippen molar-refractivity contribution in [3.8, 4) is 5.75 Å². The van der Waals surface area contributed by atoms with Crippen LogP contribution in [0.1, 0.15) is 16.8 Å². The molecule has 0 saturated heterocycles. The zero-order chi connectivity index (χ0) is 13.9. The molecule has 104 valence electrons. The van der Waals surface area contributed by atoms with Crippen molar-refractivity contribution >= 4 is 5.82 Å². The van der Waals surface area contributed by atoms with Crippen LogP contribution in [0.25, 0.3) is 0 Å². The van der Waals surface area contributed by atoms with Crippen molar-refractivity contribution in [3.63, 3.8) is 0 Å². The molecule has 2 aromatic rings. The molecule has 2 N–H and O–H groups in total. The van der Waals surface area contributed by atoms with Gasteiger partial charge >= 0.3 is 0 Å². The molecular formula is C16H19N3O. The number of rotatable bonds is 2. The Balaban J connectivity index is 1.93. The van der Waals surface area contributed by atoms with Gasteiger partial charge in [-0.05, 0) is 30.7 Å². The fourth-order valence-electron chi connectivity index (χ4n) is 2.52. The summed E-state index contributed by atoms with van der Waals surface area (Å²) in [5.74, 6) is 1.95. The fourth-order valence-corrected chi connectivity index (χ4v) is 2.52. The van der Waals surface area contributed by atoms with Crippen molar-refractivity contribution in [3.05, 3.63) is 53.2 Å². The summed E-state index contributed by atoms with van der Waals surface area (Å²) in [7, 11) is 0. The molecular weight excluding hydrogens is 250 g/mol. The number of hydrogen-bond acceptors (Lipinski definition) is 4. The minimum absolute atomic E-state index is 0.539. The van der Waals surface area contributed by atoms with E-state index in [0.29, 0.717) is 13.2 Å². The number of aromatic nitrogens is 1. The fraction of sp³-hybridized carbons (Fsp3) is 0.312. The lowest BCUT2D eigenvalue weighted by Crippen LogP contribution is -2.26. The smallest absolute Gasteiger partial charge is 0.129 e. The number of benzene rings is 1. The van der Waals surface area contributed by atoms with E-state index < -0.39 is 0 Å². The molecule has 1 aromatic carbocycles. The average molecular weight is 269 g/mol. The third-order valence-corrected chi connectivity index (χ3v) is 3.51. The second-order valence-electron chi connectivity index (χ2n) is 5.06. The van der Waals surface area contributed by atoms with Gasteiger partial charge in [0.25, 0.3) is 0 Å². The molecule has 1 aliphatic rings. The molecule has 0 saturated carbocycles. The first-order chi connectivity index (χ1) is 9.76. The van der Waals surface area contributed by atoms with E-state index in [1.54, 1.807) is 0 Å². The van der Waals surface area contributed by atoms with Crippen LogP contribution in [-0.4, -0.2) is 18.1 Å². The number of anilines is 1. The SMILES string of the molecule is Cc1cc(CN)cc(N2CCOc3ccccc3C2)n1. The van der Waals surface area contributed by atoms with Crippen molar-refractivity contribution in [2.75, 3.05) is 18.1 Å². The lowest BCUT2D eigenvalue weighted by Gasteiger charge is -2.22. The number of aryl methyl sites for hydroxylation is 1. The van der Waals surface area contributed by atoms with Gasteiger partial charge in [-0.25, -0.2) is 4.98 Å². The molecule has 4 nitrogen and oxygen atoms in total. The summed E-state index contributed by atoms with van der Waals surface area (Å²) in [6.07, 6.45) is 0. The summed E-state index contributed by atoms with van der Waals surface area (Å²) in [5.41, 5.74) is 9.07. The Labute approximate surface area is 119 Å². The number of nitrogens with zero attached hydrogens (tertiary/aromatic N) is 2. The van der Waals surface area contributed by atoms with E-state index in [9.17, 15) is 0 Å². The second kappa shape index (κ2) is 5.51. The monoisotopic (exact) mass is 269 g/mol. The van der Waals surface area contributed by atoms with E-state index in [-0.39, 0.29) is 0 Å². The molecule has 0 amide bonds. The van der Waals surface area contributed by atoms with Gasteiger partial charge in [-0.2, -0.15) is 0 Å². The van der Waals surface area contributed by atoms with Gasteiger partial charge < -0.3 is 15.4 Å². The van der Waals surface area contributed by atoms with Crippen molar-refractivity contribution in [1.82, 2.24) is 4.98 Å². The molecule has 0 bridgehead atoms. The van der Waals surface area contributed by atoms with Crippen LogP contribution in [0.3, 0.4) is 0 Å². The van der Waals surface area contributed by atoms with Gasteiger partial charge in [-0.15, -0.1) is 0 Å². The molecule has 0 fully saturated rings. The van der Waals surface area contributed by atoms with Gasteiger partial charge in [0.1, 0.15) is 18.2 Å². The zero-order valence-electron chi connectivity index (χ0n) is 11.7. The Morgan fingerprint density at radius 1 is 1.30 bits per heavy atom. The van der Waals surface area contributed by atoms with E-state index in [1.165, 1.54) is 5.56 Å². The Hall–Kier alpha value is -2.07. The van der Waals surface area contributed by atoms with Crippen LogP contribution in [0, 0.1) is 6.92 Å². The van der Waals surface area contributed by atoms with Gasteiger partial charge in [0.15, 0.2) is 0 Å². The van der Waals surface area contributed by atoms with Gasteiger partial charge in [-0.3, -0.25) is 0 Å². The molecule has 20 heavy (non-hydrogen) atoms. The third kappa shape index (κ3) is 2.60. The number of hydrogen-bond donors (Lipinski definition) is 1. The van der Waals surface area contributed by atoms with E-state index in [4.69, 9.17) is 10.5 Å². The standard InChI is InChI=1S/C16H19N3O/c1-12-8-13(10-17)9-16(18-12)19-6-7-20-15-5-3-2-4-14(15)11-19/h2-5,8-9H,6-7,10-11,17H2,1H3. The number of pyridine rings is 1. The molecule has 0 aliphatic carbocycles. The highest BCUT2D eigenvalue weighted by atomic mass is 16.5. The lowest BCUT2D eigenvalue weighted by molar-refractivity contribution is 0.331. The highest BCUT2D eigenvalue weighted by Crippen LogP contribution is 2.25. The molecule has 1 aliphatic heterocycles. The predicted molar refractivity (Wildman–Crippen MR) is 79.9 cm³/mol. The minimum Gasteiger partial charge on any atom is -0.491 e. The molecule has 1 aromatic heterocycles. The molecule has 0 unspecified atom stereocenters. The first-order valence-corrected chi connectivity index (χ1v) is 6.89. The van der Waals surface area contributed by atoms with Crippen LogP contribution in [0.5, 0.6) is 5.75 Å². The van der Waals surface area contributed by atoms with Crippen LogP contribution < -0.4 is 15.4 Å². The third-order valence-electron chi connectivity index (χ3n) is 3.51. The van der Waals surface area contributed by atoms with Crippen LogP contribution in [0.2, 0.25) is 0 Å². The summed E-state index contributed by atoms with van der Waals surface area (Å²) < 4.78 is 5.79. The molecule has 3 rings (SSSR count). The summed E-state index contributed by atoms with van der Waals surface area (Å²) in [6.45, 7) is 4.86. The van der Waals surface area contributed by atoms with Crippen molar-refractivity contribution in [1.29, 1.82) is 0 Å². The molecule has 0 spiro atoms. The summed E-state index contributed by atoms with van der Waals surface area (Å²) in [6, 6.07) is 12.3. The van der Waals surface area contributed by atoms with E-state index in [0.717, 1.165) is 35.9 Å². The number of fused-ring (bicyclic) bond motifs is 1. The van der Waals surface area contributed by atoms with E-state index >= 15 is 0 Å². The van der Waals surface area contributed by atoms with E-state index in [2.05, 4.69) is 22.0 Å². The summed E-state index contributed by atoms with van der Waals surface area (Å²) >= 11 is 0. The van der Waals surface area contributed by atoms with Crippen molar-refractivity contribution < 1.29 is 4.74 Å². The molecule has 4 heteroatoms. The minimum atomic E-state index is 0.539. The van der Waals surface area contributed by atoms with E-state index in [1.807, 2.05) is 31.2 Å². The van der Waals surface area contributed by atoms with Crippen LogP contribution in [0.4, 0.5) is 5.82 Å². The van der Waals surface area contributed by atoms with Gasteiger partial charge in [0.05, 0.1) is 6.54 Å². The first-order valence-electron chi connectivity index (χ1n) is 6.89. The second-order valence-corrected chi connectivity index (χ2v) is 5.06. The Morgan fingerprint density at radius 2 is 2.15 bits per heavy atom. The lowest BCUT2D eigenvalue weighted by atomic mass is 10.2. The molecule has 0 radical (unpaired) electrons. The number of ether oxygens (including phenoxy) is 1. The summed E-state index contributed by atoms with van der Waals surface area (Å²) in [5, 5.41) is 0. The van der Waals surface area contributed by atoms with Crippen molar-refractivity contribution in [2.24, 2.45) is 5.73 Å². The summed E-state index contributed by atoms with van der Waals surface area (Å²) in [4.78, 5) is 6.88. The topological polar surface area (TPSA) is 51.4 Å². The quantitative estimate of drug-likeness (QED) is 0.908. The number of para-hydroxylation sites is 1. The Kier molecular flexibility index (Phi) is 3.56. The van der Waals surface area contributed by atoms with Crippen LogP contribution in [0.15, 0.2) is 36.4 Å². The van der Waals surface area contributed by atoms with Gasteiger partial charge in [-0.1, -0.05) is 18.2 Å². The molecule has 2 heterocycles.